The van der Waals surface area contributed by atoms with Crippen molar-refractivity contribution in [2.75, 3.05) is 32.4 Å². The topological polar surface area (TPSA) is 608 Å². The van der Waals surface area contributed by atoms with Gasteiger partial charge in [-0.1, -0.05) is 104 Å². The van der Waals surface area contributed by atoms with Crippen LogP contribution in [0.15, 0.2) is 89.5 Å². The minimum absolute atomic E-state index is 0. The predicted octanol–water partition coefficient (Wildman–Crippen LogP) is -7.40. The number of carbonyl (C=O) groups is 16. The van der Waals surface area contributed by atoms with Gasteiger partial charge in [0.2, 0.25) is 89.1 Å². The predicted molar refractivity (Wildman–Crippen MR) is 412 cm³/mol. The number of benzene rings is 3. The molecule has 4 aromatic rings. The first-order valence-electron chi connectivity index (χ1n) is 36.6. The normalized spacial score (nSPS) is 19.5. The molecule has 1 aromatic heterocycles. The monoisotopic (exact) mass is 1700 g/mol. The number of aromatic amines is 1. The fourth-order valence-corrected chi connectivity index (χ4v) is 13.6. The maximum Gasteiger partial charge on any atom is 1.00 e. The summed E-state index contributed by atoms with van der Waals surface area (Å²) in [5, 5.41) is 37.9. The molecular weight excluding hydrogens is 1600 g/mol. The molecule has 620 valence electrons. The van der Waals surface area contributed by atoms with E-state index in [-0.39, 0.29) is 74.8 Å². The molecule has 0 radical (unpaired) electrons. The third-order valence-electron chi connectivity index (χ3n) is 18.8. The van der Waals surface area contributed by atoms with E-state index in [1.165, 1.54) is 18.0 Å². The molecule has 2 saturated heterocycles. The van der Waals surface area contributed by atoms with E-state index < -0.39 is 233 Å². The summed E-state index contributed by atoms with van der Waals surface area (Å²) >= 11 is 3.38. The number of para-hydroxylation sites is 1. The van der Waals surface area contributed by atoms with E-state index in [1.54, 1.807) is 107 Å². The largest absolute Gasteiger partial charge is 1.00 e. The zero-order valence-corrected chi connectivity index (χ0v) is 69.2. The van der Waals surface area contributed by atoms with E-state index in [1.807, 2.05) is 0 Å². The van der Waals surface area contributed by atoms with E-state index in [2.05, 4.69) is 84.7 Å². The maximum absolute atomic E-state index is 15.2. The molecule has 0 saturated carbocycles. The van der Waals surface area contributed by atoms with Gasteiger partial charge in [-0.25, -0.2) is 13.2 Å². The first kappa shape index (κ1) is 95.0. The fraction of sp³-hybridized carbons (Fsp3) is 0.493. The number of nitrogens with one attached hydrogen (secondary N) is 14. The van der Waals surface area contributed by atoms with Crippen LogP contribution in [0, 0.1) is 17.2 Å². The Morgan fingerprint density at radius 1 is 0.713 bits per heavy atom. The number of halogens is 1. The number of primary amides is 2. The molecule has 6 rings (SSSR count). The van der Waals surface area contributed by atoms with Gasteiger partial charge in [-0.15, -0.1) is 0 Å². The number of carbonyl (C=O) groups excluding carboxylic acids is 16. The smallest absolute Gasteiger partial charge is 0.748 e. The molecule has 2 aliphatic rings. The number of likely N-dealkylation sites (tertiary alicyclic amines) is 1. The van der Waals surface area contributed by atoms with Crippen LogP contribution in [0.3, 0.4) is 0 Å². The molecule has 20 N–H and O–H groups in total. The van der Waals surface area contributed by atoms with E-state index in [0.29, 0.717) is 45.3 Å². The van der Waals surface area contributed by atoms with E-state index >= 15 is 9.59 Å². The number of guanidine groups is 1. The van der Waals surface area contributed by atoms with Crippen molar-refractivity contribution in [2.24, 2.45) is 29.0 Å². The molecular formula is C73H99BrN19NaO20S. The van der Waals surface area contributed by atoms with Crippen molar-refractivity contribution in [3.05, 3.63) is 106 Å². The van der Waals surface area contributed by atoms with Gasteiger partial charge in [0.1, 0.15) is 78.6 Å². The molecule has 15 amide bonds. The molecule has 2 aliphatic heterocycles. The number of H-pyrrole nitrogens is 1. The van der Waals surface area contributed by atoms with Crippen molar-refractivity contribution >= 4 is 138 Å². The van der Waals surface area contributed by atoms with Crippen molar-refractivity contribution in [3.63, 3.8) is 0 Å². The second-order valence-electron chi connectivity index (χ2n) is 28.4. The Kier molecular flexibility index (Phi) is 37.1. The molecule has 0 spiro atoms. The van der Waals surface area contributed by atoms with Gasteiger partial charge in [0.25, 0.3) is 0 Å². The van der Waals surface area contributed by atoms with Gasteiger partial charge in [-0.05, 0) is 92.7 Å². The van der Waals surface area contributed by atoms with Crippen LogP contribution in [0.25, 0.3) is 10.9 Å². The summed E-state index contributed by atoms with van der Waals surface area (Å²) in [5.74, 6) is -20.1. The fourth-order valence-electron chi connectivity index (χ4n) is 12.7. The number of hydrogen-bond donors (Lipinski definition) is 17. The van der Waals surface area contributed by atoms with Crippen LogP contribution >= 0.6 is 15.9 Å². The summed E-state index contributed by atoms with van der Waals surface area (Å²) in [6.07, 6.45) is -2.97. The van der Waals surface area contributed by atoms with E-state index in [4.69, 9.17) is 27.3 Å². The molecule has 0 bridgehead atoms. The molecule has 42 heteroatoms. The van der Waals surface area contributed by atoms with Gasteiger partial charge in [0.15, 0.2) is 5.96 Å². The van der Waals surface area contributed by atoms with Crippen LogP contribution < -0.4 is 111 Å². The standard InChI is InChI=1S/C73H100BrN19O20S.Na/c1-37(2)58(90-69(106)59(38(3)4)89-67(104)54-20-14-28-93(54)70(107)50(87-61(98)39(5)82-36-94)30-42-21-23-44(74)24-22-42)68(105)86-49(31-43-33-80-46-18-12-11-17-45(43)46)64(101)84-47(19-13-27-79-73(77)78)63(100)88-52(35-114(110,111)112)65(102)91-60-40(6)113-72(109)51(32-56(76)96)83-57(97)34-81-62(99)48(29-41-15-9-8-10-16-41)85-66(103)53(25-26-55(75)95)92(7)71(60)108;/h8-12,15-18,21-24,33,36-40,47-54,58-60,80H,13-14,19-20,25-32,34-35H2,1-7H3,(H2,75,95)(H2,76,96)(H,81,99)(H,82,94)(H,83,97)(H,84,101)(H,85,103)(H,86,105)(H,87,98)(H,88,100)(H,89,104)(H,90,106)(H,91,102)(H4,77,78,79)(H,110,111,112);/q;+1/p-1/t39-,40+,47-,48+,49+,50-,51+,52+,53-,54-,58-,59+,60-;/m0./s1. The Hall–Kier alpha value is -10.6. The van der Waals surface area contributed by atoms with Crippen LogP contribution in [0.2, 0.25) is 0 Å². The van der Waals surface area contributed by atoms with Gasteiger partial charge < -0.3 is 105 Å². The molecule has 115 heavy (non-hydrogen) atoms. The van der Waals surface area contributed by atoms with Crippen LogP contribution in [0.1, 0.15) is 103 Å². The number of hydrogen-bond acceptors (Lipinski definition) is 21. The summed E-state index contributed by atoms with van der Waals surface area (Å²) in [6.45, 7) is 7.82. The number of fused-ring (bicyclic) bond motifs is 1. The second kappa shape index (κ2) is 44.9. The number of cyclic esters (lactones) is 1. The average Bonchev–Trinajstić information content (AvgIpc) is 1.79. The molecule has 3 aromatic carbocycles. The quantitative estimate of drug-likeness (QED) is 0.00383. The van der Waals surface area contributed by atoms with Gasteiger partial charge in [-0.2, -0.15) is 0 Å². The number of likely N-dealkylation sites (N-methyl/N-ethyl adjacent to an activating group) is 1. The Morgan fingerprint density at radius 2 is 1.32 bits per heavy atom. The summed E-state index contributed by atoms with van der Waals surface area (Å²) in [7, 11) is -4.66. The Balaban J connectivity index is 0.0000236. The van der Waals surface area contributed by atoms with Crippen molar-refractivity contribution < 1.29 is 124 Å². The third-order valence-corrected chi connectivity index (χ3v) is 20.1. The first-order valence-corrected chi connectivity index (χ1v) is 39.0. The van der Waals surface area contributed by atoms with E-state index in [9.17, 15) is 80.1 Å². The SMILES string of the molecule is CC(C)[C@H](NC(=O)[C@H](NC(=O)[C@@H]1CCCN1C(=O)[C@H](Cc1ccc(Br)cc1)NC(=O)[C@H](C)NC=O)C(C)C)C(=O)N[C@H](Cc1c[nH]c2ccccc12)C(=O)N[C@@H](CCCNC(=N)N)C(=O)N[C@H](CS(=O)(=O)[O-])C(=O)N[C@@H]1C(=O)N(C)[C@@H](CCC(N)=O)C(=O)N[C@H](Cc2ccccc2)C(=O)NCC(=O)N[C@H](CC(N)=O)C(=O)O[C@@H]1C.[Na+]. The number of amides is 15. The third kappa shape index (κ3) is 29.3. The van der Waals surface area contributed by atoms with Crippen molar-refractivity contribution in [1.29, 1.82) is 5.41 Å². The Morgan fingerprint density at radius 3 is 1.95 bits per heavy atom. The van der Waals surface area contributed by atoms with Gasteiger partial charge in [0.05, 0.1) is 28.8 Å². The number of ether oxygens (including phenoxy) is 1. The molecule has 13 atom stereocenters. The van der Waals surface area contributed by atoms with Crippen LogP contribution in [-0.2, 0) is 111 Å². The summed E-state index contributed by atoms with van der Waals surface area (Å²) in [4.78, 5) is 229. The maximum atomic E-state index is 15.2. The molecule has 2 fully saturated rings. The van der Waals surface area contributed by atoms with Crippen molar-refractivity contribution in [2.45, 2.75) is 184 Å². The summed E-state index contributed by atoms with van der Waals surface area (Å²) < 4.78 is 44.9. The number of esters is 1. The summed E-state index contributed by atoms with van der Waals surface area (Å²) in [6, 6.07) is 1.88. The summed E-state index contributed by atoms with van der Waals surface area (Å²) in [5.41, 5.74) is 18.6. The van der Waals surface area contributed by atoms with Gasteiger partial charge in [-0.3, -0.25) is 77.3 Å². The molecule has 0 unspecified atom stereocenters. The molecule has 3 heterocycles. The number of aromatic nitrogens is 1. The zero-order valence-electron chi connectivity index (χ0n) is 64.8. The molecule has 39 nitrogen and oxygen atoms in total. The van der Waals surface area contributed by atoms with E-state index in [0.717, 1.165) is 18.4 Å². The Labute approximate surface area is 693 Å². The van der Waals surface area contributed by atoms with Crippen LogP contribution in [-0.4, -0.2) is 240 Å². The number of nitrogens with two attached hydrogens (primary N) is 3. The van der Waals surface area contributed by atoms with Crippen LogP contribution in [0.5, 0.6) is 0 Å². The minimum atomic E-state index is -5.65. The second-order valence-corrected chi connectivity index (χ2v) is 30.7. The van der Waals surface area contributed by atoms with Crippen molar-refractivity contribution in [1.82, 2.24) is 78.6 Å². The minimum Gasteiger partial charge on any atom is -0.748 e. The average molecular weight is 1700 g/mol. The first-order chi connectivity index (χ1) is 53.7. The van der Waals surface area contributed by atoms with Crippen molar-refractivity contribution in [3.8, 4) is 0 Å². The number of nitrogens with zero attached hydrogens (tertiary/aromatic N) is 2. The van der Waals surface area contributed by atoms with Gasteiger partial charge in [0, 0.05) is 67.4 Å². The van der Waals surface area contributed by atoms with Crippen LogP contribution in [0.4, 0.5) is 0 Å². The Bertz CT molecular complexity index is 4310. The van der Waals surface area contributed by atoms with Gasteiger partial charge >= 0.3 is 35.5 Å². The molecule has 0 aliphatic carbocycles. The zero-order chi connectivity index (χ0) is 84.4. The number of rotatable bonds is 36.